The van der Waals surface area contributed by atoms with Gasteiger partial charge in [-0.3, -0.25) is 0 Å². The Morgan fingerprint density at radius 2 is 0.818 bits per heavy atom. The third-order valence-corrected chi connectivity index (χ3v) is 7.43. The van der Waals surface area contributed by atoms with E-state index in [2.05, 4.69) is 38.2 Å². The van der Waals surface area contributed by atoms with Crippen LogP contribution in [0.3, 0.4) is 0 Å². The van der Waals surface area contributed by atoms with Crippen molar-refractivity contribution in [2.24, 2.45) is 0 Å². The number of allylic oxidation sites excluding steroid dienone is 2. The van der Waals surface area contributed by atoms with Gasteiger partial charge in [0.25, 0.3) is 0 Å². The van der Waals surface area contributed by atoms with E-state index < -0.39 is 11.9 Å². The second-order valence-corrected chi connectivity index (χ2v) is 11.8. The number of aliphatic hydroxyl groups excluding tert-OH is 2. The average Bonchev–Trinajstić information content (AvgIpc) is 2.95. The SMILES string of the molecule is CCCCCC[C@@H](O)C/C=C\CCCCCCCC(=O)[O-].CCCCCC[C@@H](O)C/C=C\CCCCCCCC(=O)[O-].[Na+].[Na+]. The summed E-state index contributed by atoms with van der Waals surface area (Å²) in [5.41, 5.74) is 0. The van der Waals surface area contributed by atoms with Crippen molar-refractivity contribution in [1.82, 2.24) is 0 Å². The van der Waals surface area contributed by atoms with Crippen molar-refractivity contribution < 1.29 is 89.1 Å². The van der Waals surface area contributed by atoms with Crippen molar-refractivity contribution in [3.8, 4) is 0 Å². The Labute approximate surface area is 315 Å². The Morgan fingerprint density at radius 3 is 1.16 bits per heavy atom. The van der Waals surface area contributed by atoms with E-state index in [-0.39, 0.29) is 84.2 Å². The van der Waals surface area contributed by atoms with Gasteiger partial charge in [-0.25, -0.2) is 0 Å². The van der Waals surface area contributed by atoms with Gasteiger partial charge in [0, 0.05) is 11.9 Å². The van der Waals surface area contributed by atoms with Crippen LogP contribution in [0, 0.1) is 0 Å². The number of carboxylic acids is 2. The van der Waals surface area contributed by atoms with Crippen LogP contribution in [0.25, 0.3) is 0 Å². The zero-order chi connectivity index (χ0) is 31.5. The summed E-state index contributed by atoms with van der Waals surface area (Å²) >= 11 is 0. The molecule has 0 aromatic carbocycles. The fourth-order valence-electron chi connectivity index (χ4n) is 4.72. The molecule has 0 saturated carbocycles. The predicted molar refractivity (Wildman–Crippen MR) is 172 cm³/mol. The van der Waals surface area contributed by atoms with Crippen LogP contribution in [0.15, 0.2) is 24.3 Å². The summed E-state index contributed by atoms with van der Waals surface area (Å²) in [4.78, 5) is 20.4. The minimum absolute atomic E-state index is 0. The Kier molecular flexibility index (Phi) is 50.4. The first-order valence-electron chi connectivity index (χ1n) is 17.4. The Bertz CT molecular complexity index is 588. The summed E-state index contributed by atoms with van der Waals surface area (Å²) in [7, 11) is 0. The van der Waals surface area contributed by atoms with Crippen LogP contribution in [0.5, 0.6) is 0 Å². The van der Waals surface area contributed by atoms with E-state index >= 15 is 0 Å². The summed E-state index contributed by atoms with van der Waals surface area (Å²) in [6, 6.07) is 0. The van der Waals surface area contributed by atoms with Gasteiger partial charge in [0.2, 0.25) is 0 Å². The summed E-state index contributed by atoms with van der Waals surface area (Å²) in [5, 5.41) is 40.0. The zero-order valence-electron chi connectivity index (χ0n) is 29.4. The third-order valence-electron chi connectivity index (χ3n) is 7.43. The first-order chi connectivity index (χ1) is 20.3. The van der Waals surface area contributed by atoms with E-state index in [1.54, 1.807) is 0 Å². The van der Waals surface area contributed by atoms with E-state index in [1.807, 2.05) is 0 Å². The molecule has 0 aromatic heterocycles. The van der Waals surface area contributed by atoms with E-state index in [0.717, 1.165) is 116 Å². The topological polar surface area (TPSA) is 121 Å². The maximum absolute atomic E-state index is 10.2. The molecule has 0 aliphatic carbocycles. The monoisotopic (exact) mass is 640 g/mol. The maximum Gasteiger partial charge on any atom is 1.00 e. The van der Waals surface area contributed by atoms with Crippen molar-refractivity contribution in [3.05, 3.63) is 24.3 Å². The standard InChI is InChI=1S/2C18H34O3.2Na/c2*1-2-3-4-11-14-17(19)15-12-9-7-5-6-8-10-13-16-18(20)21;;/h2*9,12,17,19H,2-8,10-11,13-16H2,1H3,(H,20,21);;/q;;2*+1/p-2/b2*12-9-;;/t2*17-;;/m11../s1. The van der Waals surface area contributed by atoms with Crippen LogP contribution in [-0.2, 0) is 9.59 Å². The zero-order valence-corrected chi connectivity index (χ0v) is 33.4. The number of rotatable bonds is 30. The van der Waals surface area contributed by atoms with Crippen LogP contribution < -0.4 is 69.3 Å². The van der Waals surface area contributed by atoms with Gasteiger partial charge >= 0.3 is 59.1 Å². The molecule has 0 spiro atoms. The number of aliphatic carboxylic acids is 2. The van der Waals surface area contributed by atoms with Gasteiger partial charge in [0.1, 0.15) is 0 Å². The molecule has 0 heterocycles. The molecule has 2 N–H and O–H groups in total. The molecule has 248 valence electrons. The quantitative estimate of drug-likeness (QED) is 0.0698. The van der Waals surface area contributed by atoms with Crippen molar-refractivity contribution in [2.45, 2.75) is 193 Å². The summed E-state index contributed by atoms with van der Waals surface area (Å²) < 4.78 is 0. The van der Waals surface area contributed by atoms with Crippen molar-refractivity contribution in [3.63, 3.8) is 0 Å². The van der Waals surface area contributed by atoms with Crippen molar-refractivity contribution in [1.29, 1.82) is 0 Å². The van der Waals surface area contributed by atoms with Gasteiger partial charge in [-0.2, -0.15) is 0 Å². The molecule has 6 nitrogen and oxygen atoms in total. The second-order valence-electron chi connectivity index (χ2n) is 11.8. The van der Waals surface area contributed by atoms with Crippen LogP contribution in [0.1, 0.15) is 181 Å². The first-order valence-corrected chi connectivity index (χ1v) is 17.4. The minimum Gasteiger partial charge on any atom is -0.550 e. The average molecular weight is 641 g/mol. The van der Waals surface area contributed by atoms with Crippen LogP contribution in [0.2, 0.25) is 0 Å². The Balaban J connectivity index is -0.000000348. The van der Waals surface area contributed by atoms with Gasteiger partial charge in [-0.1, -0.05) is 128 Å². The van der Waals surface area contributed by atoms with Crippen LogP contribution in [-0.4, -0.2) is 34.4 Å². The molecule has 44 heavy (non-hydrogen) atoms. The number of hydrogen-bond acceptors (Lipinski definition) is 6. The van der Waals surface area contributed by atoms with Gasteiger partial charge in [0.15, 0.2) is 0 Å². The third kappa shape index (κ3) is 49.2. The largest absolute Gasteiger partial charge is 1.00 e. The fraction of sp³-hybridized carbons (Fsp3) is 0.833. The first kappa shape index (κ1) is 51.2. The molecule has 0 amide bonds. The molecule has 0 saturated heterocycles. The molecule has 2 atom stereocenters. The molecular formula is C36H66Na2O6. The molecule has 0 fully saturated rings. The molecule has 0 aromatic rings. The molecular weight excluding hydrogens is 574 g/mol. The van der Waals surface area contributed by atoms with Gasteiger partial charge < -0.3 is 30.0 Å². The number of carbonyl (C=O) groups is 2. The molecule has 8 heteroatoms. The molecule has 0 rings (SSSR count). The molecule has 0 bridgehead atoms. The maximum atomic E-state index is 10.2. The summed E-state index contributed by atoms with van der Waals surface area (Å²) in [5.74, 6) is -1.88. The smallest absolute Gasteiger partial charge is 0.550 e. The van der Waals surface area contributed by atoms with E-state index in [4.69, 9.17) is 0 Å². The number of hydrogen-bond donors (Lipinski definition) is 2. The number of aliphatic hydroxyl groups is 2. The van der Waals surface area contributed by atoms with E-state index in [1.165, 1.54) is 38.5 Å². The Morgan fingerprint density at radius 1 is 0.500 bits per heavy atom. The van der Waals surface area contributed by atoms with Gasteiger partial charge in [-0.15, -0.1) is 0 Å². The molecule has 0 aliphatic rings. The normalized spacial score (nSPS) is 12.3. The molecule has 0 radical (unpaired) electrons. The fourth-order valence-corrected chi connectivity index (χ4v) is 4.72. The van der Waals surface area contributed by atoms with Gasteiger partial charge in [0.05, 0.1) is 12.2 Å². The van der Waals surface area contributed by atoms with Crippen molar-refractivity contribution in [2.75, 3.05) is 0 Å². The number of unbranched alkanes of at least 4 members (excludes halogenated alkanes) is 16. The molecule has 0 aliphatic heterocycles. The van der Waals surface area contributed by atoms with Crippen LogP contribution >= 0.6 is 0 Å². The molecule has 0 unspecified atom stereocenters. The predicted octanol–water partition coefficient (Wildman–Crippen LogP) is 1.50. The van der Waals surface area contributed by atoms with Crippen molar-refractivity contribution >= 4 is 11.9 Å². The summed E-state index contributed by atoms with van der Waals surface area (Å²) in [6.45, 7) is 4.39. The minimum atomic E-state index is -0.939. The Hall–Kier alpha value is 0.340. The summed E-state index contributed by atoms with van der Waals surface area (Å²) in [6.07, 6.45) is 34.0. The number of carboxylic acid groups (broad SMARTS) is 2. The van der Waals surface area contributed by atoms with Crippen LogP contribution in [0.4, 0.5) is 0 Å². The number of carbonyl (C=O) groups excluding carboxylic acids is 2. The van der Waals surface area contributed by atoms with Gasteiger partial charge in [-0.05, 0) is 77.0 Å². The van der Waals surface area contributed by atoms with E-state index in [9.17, 15) is 30.0 Å². The van der Waals surface area contributed by atoms with E-state index in [0.29, 0.717) is 0 Å². The second kappa shape index (κ2) is 43.3.